The minimum atomic E-state index is -0.859. The molecule has 2 aromatic heterocycles. The maximum Gasteiger partial charge on any atom is 0.316 e. The van der Waals surface area contributed by atoms with E-state index < -0.39 is 11.2 Å². The molecule has 0 aromatic carbocycles. The molecule has 0 bridgehead atoms. The summed E-state index contributed by atoms with van der Waals surface area (Å²) in [6.07, 6.45) is 3.39. The maximum absolute atomic E-state index is 11.1. The van der Waals surface area contributed by atoms with Gasteiger partial charge in [-0.05, 0) is 32.9 Å². The SMILES string of the molecule is Cc1cc(C)nc(NC(SC(C)C(=O)O)c2cccnc2)n1. The summed E-state index contributed by atoms with van der Waals surface area (Å²) in [7, 11) is 0. The number of rotatable bonds is 6. The first-order valence-corrected chi connectivity index (χ1v) is 7.77. The van der Waals surface area contributed by atoms with Crippen LogP contribution in [-0.2, 0) is 4.79 Å². The minimum Gasteiger partial charge on any atom is -0.480 e. The van der Waals surface area contributed by atoms with E-state index in [1.807, 2.05) is 32.0 Å². The van der Waals surface area contributed by atoms with Crippen LogP contribution in [0.5, 0.6) is 0 Å². The molecule has 2 rings (SSSR count). The van der Waals surface area contributed by atoms with Gasteiger partial charge in [0.2, 0.25) is 5.95 Å². The molecule has 2 atom stereocenters. The Labute approximate surface area is 133 Å². The van der Waals surface area contributed by atoms with Crippen molar-refractivity contribution in [2.24, 2.45) is 0 Å². The van der Waals surface area contributed by atoms with Gasteiger partial charge in [-0.1, -0.05) is 6.07 Å². The number of thioether (sulfide) groups is 1. The van der Waals surface area contributed by atoms with E-state index in [1.165, 1.54) is 11.8 Å². The van der Waals surface area contributed by atoms with Crippen LogP contribution in [-0.4, -0.2) is 31.3 Å². The Morgan fingerprint density at radius 2 is 2.00 bits per heavy atom. The molecule has 7 heteroatoms. The quantitative estimate of drug-likeness (QED) is 0.792. The zero-order chi connectivity index (χ0) is 16.1. The Morgan fingerprint density at radius 3 is 2.55 bits per heavy atom. The Kier molecular flexibility index (Phi) is 5.32. The molecule has 0 aliphatic carbocycles. The van der Waals surface area contributed by atoms with Crippen molar-refractivity contribution < 1.29 is 9.90 Å². The molecule has 0 saturated heterocycles. The van der Waals surface area contributed by atoms with Crippen LogP contribution in [0.3, 0.4) is 0 Å². The van der Waals surface area contributed by atoms with Crippen LogP contribution in [0.1, 0.15) is 29.2 Å². The first-order valence-electron chi connectivity index (χ1n) is 6.82. The molecule has 2 heterocycles. The first kappa shape index (κ1) is 16.2. The Bertz CT molecular complexity index is 631. The molecule has 0 aliphatic heterocycles. The minimum absolute atomic E-state index is 0.291. The largest absolute Gasteiger partial charge is 0.480 e. The molecule has 0 aliphatic rings. The van der Waals surface area contributed by atoms with Gasteiger partial charge in [0, 0.05) is 29.3 Å². The van der Waals surface area contributed by atoms with Gasteiger partial charge in [-0.15, -0.1) is 11.8 Å². The summed E-state index contributed by atoms with van der Waals surface area (Å²) >= 11 is 1.28. The van der Waals surface area contributed by atoms with E-state index in [0.717, 1.165) is 17.0 Å². The first-order chi connectivity index (χ1) is 10.5. The fraction of sp³-hybridized carbons (Fsp3) is 0.333. The molecule has 2 unspecified atom stereocenters. The molecule has 22 heavy (non-hydrogen) atoms. The van der Waals surface area contributed by atoms with Crippen molar-refractivity contribution in [3.63, 3.8) is 0 Å². The molecule has 0 fully saturated rings. The number of aromatic nitrogens is 3. The molecule has 0 saturated carbocycles. The highest BCUT2D eigenvalue weighted by molar-refractivity contribution is 8.00. The summed E-state index contributed by atoms with van der Waals surface area (Å²) in [6.45, 7) is 5.44. The normalized spacial score (nSPS) is 13.4. The zero-order valence-corrected chi connectivity index (χ0v) is 13.5. The van der Waals surface area contributed by atoms with Gasteiger partial charge in [-0.25, -0.2) is 9.97 Å². The van der Waals surface area contributed by atoms with Gasteiger partial charge in [0.25, 0.3) is 0 Å². The number of hydrogen-bond donors (Lipinski definition) is 2. The van der Waals surface area contributed by atoms with Crippen molar-refractivity contribution in [3.05, 3.63) is 47.5 Å². The Hall–Kier alpha value is -2.15. The van der Waals surface area contributed by atoms with Crippen LogP contribution < -0.4 is 5.32 Å². The van der Waals surface area contributed by atoms with Gasteiger partial charge >= 0.3 is 5.97 Å². The van der Waals surface area contributed by atoms with Gasteiger partial charge < -0.3 is 10.4 Å². The molecule has 116 valence electrons. The van der Waals surface area contributed by atoms with Crippen molar-refractivity contribution in [1.29, 1.82) is 0 Å². The summed E-state index contributed by atoms with van der Waals surface area (Å²) in [5, 5.41) is 11.5. The molecular weight excluding hydrogens is 300 g/mol. The predicted molar refractivity (Wildman–Crippen MR) is 86.8 cm³/mol. The molecule has 0 amide bonds. The van der Waals surface area contributed by atoms with E-state index in [1.54, 1.807) is 19.3 Å². The Balaban J connectivity index is 2.26. The van der Waals surface area contributed by atoms with E-state index in [-0.39, 0.29) is 5.37 Å². The monoisotopic (exact) mass is 318 g/mol. The Morgan fingerprint density at radius 1 is 1.32 bits per heavy atom. The predicted octanol–water partition coefficient (Wildman–Crippen LogP) is 2.81. The highest BCUT2D eigenvalue weighted by atomic mass is 32.2. The average Bonchev–Trinajstić information content (AvgIpc) is 2.46. The molecule has 6 nitrogen and oxygen atoms in total. The second-order valence-electron chi connectivity index (χ2n) is 4.90. The van der Waals surface area contributed by atoms with Crippen molar-refractivity contribution in [3.8, 4) is 0 Å². The number of pyridine rings is 1. The third-order valence-electron chi connectivity index (χ3n) is 2.92. The van der Waals surface area contributed by atoms with Crippen molar-refractivity contribution in [1.82, 2.24) is 15.0 Å². The van der Waals surface area contributed by atoms with Gasteiger partial charge in [-0.2, -0.15) is 0 Å². The third kappa shape index (κ3) is 4.42. The average molecular weight is 318 g/mol. The maximum atomic E-state index is 11.1. The van der Waals surface area contributed by atoms with Crippen LogP contribution in [0.25, 0.3) is 0 Å². The lowest BCUT2D eigenvalue weighted by atomic mass is 10.3. The number of carbonyl (C=O) groups is 1. The van der Waals surface area contributed by atoms with Crippen LogP contribution >= 0.6 is 11.8 Å². The number of hydrogen-bond acceptors (Lipinski definition) is 6. The molecule has 2 N–H and O–H groups in total. The van der Waals surface area contributed by atoms with Gasteiger partial charge in [0.15, 0.2) is 0 Å². The van der Waals surface area contributed by atoms with Crippen LogP contribution in [0.4, 0.5) is 5.95 Å². The van der Waals surface area contributed by atoms with Crippen LogP contribution in [0.2, 0.25) is 0 Å². The molecule has 0 spiro atoms. The van der Waals surface area contributed by atoms with E-state index in [4.69, 9.17) is 5.11 Å². The van der Waals surface area contributed by atoms with Crippen LogP contribution in [0.15, 0.2) is 30.6 Å². The van der Waals surface area contributed by atoms with Crippen molar-refractivity contribution >= 4 is 23.7 Å². The summed E-state index contributed by atoms with van der Waals surface area (Å²) in [6, 6.07) is 5.60. The van der Waals surface area contributed by atoms with E-state index in [2.05, 4.69) is 20.3 Å². The second-order valence-corrected chi connectivity index (χ2v) is 6.35. The number of aliphatic carboxylic acids is 1. The topological polar surface area (TPSA) is 88.0 Å². The lowest BCUT2D eigenvalue weighted by Gasteiger charge is -2.20. The van der Waals surface area contributed by atoms with E-state index in [9.17, 15) is 4.79 Å². The van der Waals surface area contributed by atoms with Gasteiger partial charge in [0.05, 0.1) is 0 Å². The fourth-order valence-electron chi connectivity index (χ4n) is 1.90. The highest BCUT2D eigenvalue weighted by Gasteiger charge is 2.21. The summed E-state index contributed by atoms with van der Waals surface area (Å²) in [5.74, 6) is -0.376. The van der Waals surface area contributed by atoms with Crippen LogP contribution in [0, 0.1) is 13.8 Å². The zero-order valence-electron chi connectivity index (χ0n) is 12.6. The fourth-order valence-corrected chi connectivity index (χ4v) is 2.89. The molecule has 0 radical (unpaired) electrons. The lowest BCUT2D eigenvalue weighted by molar-refractivity contribution is -0.136. The van der Waals surface area contributed by atoms with Crippen molar-refractivity contribution in [2.45, 2.75) is 31.4 Å². The number of carboxylic acids is 1. The van der Waals surface area contributed by atoms with Crippen molar-refractivity contribution in [2.75, 3.05) is 5.32 Å². The van der Waals surface area contributed by atoms with Gasteiger partial charge in [0.1, 0.15) is 10.6 Å². The lowest BCUT2D eigenvalue weighted by Crippen LogP contribution is -2.18. The number of anilines is 1. The molecular formula is C15H18N4O2S. The standard InChI is InChI=1S/C15H18N4O2S/c1-9-7-10(2)18-15(17-9)19-13(22-11(3)14(20)21)12-5-4-6-16-8-12/h4-8,11,13H,1-3H3,(H,20,21)(H,17,18,19). The summed E-state index contributed by atoms with van der Waals surface area (Å²) in [5.41, 5.74) is 2.59. The van der Waals surface area contributed by atoms with E-state index >= 15 is 0 Å². The van der Waals surface area contributed by atoms with E-state index in [0.29, 0.717) is 5.95 Å². The summed E-state index contributed by atoms with van der Waals surface area (Å²) < 4.78 is 0. The molecule has 2 aromatic rings. The third-order valence-corrected chi connectivity index (χ3v) is 4.19. The smallest absolute Gasteiger partial charge is 0.316 e. The highest BCUT2D eigenvalue weighted by Crippen LogP contribution is 2.32. The number of nitrogens with one attached hydrogen (secondary N) is 1. The number of nitrogens with zero attached hydrogens (tertiary/aromatic N) is 3. The van der Waals surface area contributed by atoms with Gasteiger partial charge in [-0.3, -0.25) is 9.78 Å². The number of carboxylic acid groups (broad SMARTS) is 1. The second kappa shape index (κ2) is 7.22. The number of aryl methyl sites for hydroxylation is 2. The summed E-state index contributed by atoms with van der Waals surface area (Å²) in [4.78, 5) is 23.9.